The Hall–Kier alpha value is -0.861. The van der Waals surface area contributed by atoms with E-state index in [2.05, 4.69) is 33.2 Å². The third kappa shape index (κ3) is 1.74. The molecule has 0 aliphatic heterocycles. The first-order chi connectivity index (χ1) is 6.27. The Morgan fingerprint density at radius 1 is 1.31 bits per heavy atom. The Bertz CT molecular complexity index is 408. The second-order valence-corrected chi connectivity index (χ2v) is 4.35. The normalized spacial score (nSPS) is 11.0. The molecule has 0 radical (unpaired) electrons. The van der Waals surface area contributed by atoms with Crippen molar-refractivity contribution in [2.24, 2.45) is 0 Å². The van der Waals surface area contributed by atoms with Crippen LogP contribution in [-0.2, 0) is 0 Å². The quantitative estimate of drug-likeness (QED) is 0.808. The average Bonchev–Trinajstić information content (AvgIpc) is 2.51. The predicted octanol–water partition coefficient (Wildman–Crippen LogP) is 1.51. The first-order valence-electron chi connectivity index (χ1n) is 4.25. The van der Waals surface area contributed by atoms with Gasteiger partial charge >= 0.3 is 83.0 Å². The van der Waals surface area contributed by atoms with Gasteiger partial charge in [-0.05, 0) is 0 Å². The van der Waals surface area contributed by atoms with E-state index in [0.29, 0.717) is 6.04 Å². The molecule has 0 saturated heterocycles. The summed E-state index contributed by atoms with van der Waals surface area (Å²) in [6.45, 7) is 4.24. The van der Waals surface area contributed by atoms with Crippen LogP contribution in [0.3, 0.4) is 0 Å². The topological polar surface area (TPSA) is 37.8 Å². The van der Waals surface area contributed by atoms with E-state index in [1.807, 2.05) is 12.1 Å². The maximum absolute atomic E-state index is 4.39. The number of nitrogens with one attached hydrogen (secondary N) is 1. The van der Waals surface area contributed by atoms with Crippen LogP contribution in [0, 0.1) is 0 Å². The fraction of sp³-hybridized carbons (Fsp3) is 0.333. The van der Waals surface area contributed by atoms with Crippen LogP contribution in [0.2, 0.25) is 0 Å². The molecule has 0 fully saturated rings. The van der Waals surface area contributed by atoms with Crippen LogP contribution >= 0.6 is 0 Å². The Morgan fingerprint density at radius 2 is 2.15 bits per heavy atom. The molecule has 0 aliphatic rings. The van der Waals surface area contributed by atoms with Gasteiger partial charge in [0.05, 0.1) is 0 Å². The average molecular weight is 240 g/mol. The van der Waals surface area contributed by atoms with Gasteiger partial charge in [0, 0.05) is 0 Å². The van der Waals surface area contributed by atoms with Gasteiger partial charge in [0.2, 0.25) is 0 Å². The first-order valence-corrected chi connectivity index (χ1v) is 5.78. The zero-order valence-corrected chi connectivity index (χ0v) is 9.33. The molecule has 2 aromatic rings. The van der Waals surface area contributed by atoms with Crippen LogP contribution < -0.4 is 5.32 Å². The summed E-state index contributed by atoms with van der Waals surface area (Å²) in [5.74, 6) is 0. The minimum absolute atomic E-state index is 0.0666. The minimum atomic E-state index is 0.0666. The summed E-state index contributed by atoms with van der Waals surface area (Å²) in [7, 11) is 0. The van der Waals surface area contributed by atoms with Crippen molar-refractivity contribution in [2.75, 3.05) is 5.32 Å². The molecule has 13 heavy (non-hydrogen) atoms. The first kappa shape index (κ1) is 8.73. The van der Waals surface area contributed by atoms with E-state index in [1.165, 1.54) is 0 Å². The number of hydrogen-bond donors (Lipinski definition) is 1. The molecule has 1 aromatic heterocycles. The molecule has 0 amide bonds. The van der Waals surface area contributed by atoms with E-state index < -0.39 is 0 Å². The predicted molar refractivity (Wildman–Crippen MR) is 55.2 cm³/mol. The monoisotopic (exact) mass is 241 g/mol. The van der Waals surface area contributed by atoms with Crippen LogP contribution in [0.1, 0.15) is 13.8 Å². The van der Waals surface area contributed by atoms with Crippen molar-refractivity contribution < 1.29 is 0 Å². The Labute approximate surface area is 83.4 Å². The van der Waals surface area contributed by atoms with Gasteiger partial charge < -0.3 is 0 Å². The van der Waals surface area contributed by atoms with Crippen molar-refractivity contribution >= 4 is 31.7 Å². The molecule has 1 heterocycles. The number of hydrogen-bond acceptors (Lipinski definition) is 3. The van der Waals surface area contributed by atoms with Crippen LogP contribution in [0.25, 0.3) is 11.0 Å². The molecule has 1 aromatic carbocycles. The van der Waals surface area contributed by atoms with Crippen molar-refractivity contribution in [1.29, 1.82) is 0 Å². The number of nitrogens with zero attached hydrogens (tertiary/aromatic N) is 2. The van der Waals surface area contributed by atoms with Crippen molar-refractivity contribution in [1.82, 2.24) is 7.96 Å². The molecule has 0 spiro atoms. The van der Waals surface area contributed by atoms with Crippen molar-refractivity contribution in [3.8, 4) is 0 Å². The number of aromatic nitrogens is 2. The SMILES string of the molecule is CC(C)Nc1cccc2n[se]nc12. The molecule has 2 rings (SSSR count). The second kappa shape index (κ2) is 3.48. The van der Waals surface area contributed by atoms with Gasteiger partial charge in [-0.1, -0.05) is 0 Å². The summed E-state index contributed by atoms with van der Waals surface area (Å²) < 4.78 is 8.71. The molecule has 0 aliphatic carbocycles. The Balaban J connectivity index is 2.48. The fourth-order valence-corrected chi connectivity index (χ4v) is 2.39. The molecule has 0 unspecified atom stereocenters. The Kier molecular flexibility index (Phi) is 2.34. The molecular formula is C9H11N3Se. The van der Waals surface area contributed by atoms with Gasteiger partial charge in [0.15, 0.2) is 0 Å². The third-order valence-electron chi connectivity index (χ3n) is 1.73. The zero-order chi connectivity index (χ0) is 9.26. The van der Waals surface area contributed by atoms with Crippen LogP contribution in [-0.4, -0.2) is 29.0 Å². The second-order valence-electron chi connectivity index (χ2n) is 3.24. The fourth-order valence-electron chi connectivity index (χ4n) is 1.23. The number of anilines is 1. The van der Waals surface area contributed by atoms with Crippen LogP contribution in [0.4, 0.5) is 5.69 Å². The number of fused-ring (bicyclic) bond motifs is 1. The van der Waals surface area contributed by atoms with Crippen LogP contribution in [0.15, 0.2) is 18.2 Å². The molecule has 0 bridgehead atoms. The zero-order valence-electron chi connectivity index (χ0n) is 7.61. The van der Waals surface area contributed by atoms with Gasteiger partial charge in [0.25, 0.3) is 0 Å². The van der Waals surface area contributed by atoms with Crippen molar-refractivity contribution in [3.05, 3.63) is 18.2 Å². The summed E-state index contributed by atoms with van der Waals surface area (Å²) in [6, 6.07) is 6.53. The molecule has 0 atom stereocenters. The van der Waals surface area contributed by atoms with Crippen molar-refractivity contribution in [3.63, 3.8) is 0 Å². The molecular weight excluding hydrogens is 229 g/mol. The molecule has 0 saturated carbocycles. The molecule has 3 nitrogen and oxygen atoms in total. The van der Waals surface area contributed by atoms with Gasteiger partial charge in [-0.15, -0.1) is 0 Å². The third-order valence-corrected chi connectivity index (χ3v) is 2.87. The van der Waals surface area contributed by atoms with E-state index >= 15 is 0 Å². The van der Waals surface area contributed by atoms with Gasteiger partial charge in [0.1, 0.15) is 0 Å². The van der Waals surface area contributed by atoms with Gasteiger partial charge in [-0.25, -0.2) is 0 Å². The summed E-state index contributed by atoms with van der Waals surface area (Å²) >= 11 is 0.0666. The number of rotatable bonds is 2. The summed E-state index contributed by atoms with van der Waals surface area (Å²) in [5.41, 5.74) is 3.18. The summed E-state index contributed by atoms with van der Waals surface area (Å²) in [4.78, 5) is 0. The summed E-state index contributed by atoms with van der Waals surface area (Å²) in [6.07, 6.45) is 0. The standard InChI is InChI=1S/C9H11N3Se/c1-6(2)10-7-4-3-5-8-9(7)12-13-11-8/h3-6,10H,1-2H3. The molecule has 1 N–H and O–H groups in total. The molecule has 68 valence electrons. The summed E-state index contributed by atoms with van der Waals surface area (Å²) in [5, 5.41) is 3.36. The van der Waals surface area contributed by atoms with E-state index in [4.69, 9.17) is 0 Å². The van der Waals surface area contributed by atoms with E-state index in [0.717, 1.165) is 16.7 Å². The van der Waals surface area contributed by atoms with Gasteiger partial charge in [-0.3, -0.25) is 0 Å². The van der Waals surface area contributed by atoms with E-state index in [-0.39, 0.29) is 15.0 Å². The maximum atomic E-state index is 4.39. The van der Waals surface area contributed by atoms with Crippen LogP contribution in [0.5, 0.6) is 0 Å². The molecule has 4 heteroatoms. The van der Waals surface area contributed by atoms with E-state index in [1.54, 1.807) is 0 Å². The van der Waals surface area contributed by atoms with Gasteiger partial charge in [-0.2, -0.15) is 0 Å². The van der Waals surface area contributed by atoms with E-state index in [9.17, 15) is 0 Å². The van der Waals surface area contributed by atoms with Crippen molar-refractivity contribution in [2.45, 2.75) is 19.9 Å². The number of benzene rings is 1. The Morgan fingerprint density at radius 3 is 2.92 bits per heavy atom.